The molecule has 39 heavy (non-hydrogen) atoms. The molecule has 0 aliphatic carbocycles. The largest absolute Gasteiger partial charge is 0.481 e. The molecule has 3 heterocycles. The molecule has 2 N–H and O–H groups in total. The Labute approximate surface area is 225 Å². The molecule has 2 aliphatic heterocycles. The summed E-state index contributed by atoms with van der Waals surface area (Å²) >= 11 is 0. The lowest BCUT2D eigenvalue weighted by Crippen LogP contribution is -2.52. The van der Waals surface area contributed by atoms with E-state index in [2.05, 4.69) is 27.5 Å². The monoisotopic (exact) mass is 516 g/mol. The predicted octanol–water partition coefficient (Wildman–Crippen LogP) is 3.99. The highest BCUT2D eigenvalue weighted by molar-refractivity contribution is 6.08. The molecule has 2 aliphatic rings. The lowest BCUT2D eigenvalue weighted by Gasteiger charge is -2.31. The zero-order chi connectivity index (χ0) is 27.0. The summed E-state index contributed by atoms with van der Waals surface area (Å²) in [6.07, 6.45) is 1.76. The summed E-state index contributed by atoms with van der Waals surface area (Å²) in [5.41, 5.74) is 3.24. The van der Waals surface area contributed by atoms with Crippen molar-refractivity contribution in [1.29, 1.82) is 0 Å². The first-order valence-corrected chi connectivity index (χ1v) is 12.5. The maximum Gasteiger partial charge on any atom is 0.322 e. The van der Waals surface area contributed by atoms with Crippen molar-refractivity contribution in [3.8, 4) is 28.7 Å². The highest BCUT2D eigenvalue weighted by atomic mass is 16.5. The fourth-order valence-corrected chi connectivity index (χ4v) is 5.20. The van der Waals surface area contributed by atoms with Crippen LogP contribution in [0.1, 0.15) is 28.4 Å². The molecule has 3 aromatic carbocycles. The molecule has 4 amide bonds. The Balaban J connectivity index is 1.30. The number of benzene rings is 3. The first kappa shape index (κ1) is 24.2. The quantitative estimate of drug-likeness (QED) is 0.298. The van der Waals surface area contributed by atoms with E-state index >= 15 is 0 Å². The Kier molecular flexibility index (Phi) is 5.97. The molecule has 1 aromatic heterocycles. The molecule has 1 saturated heterocycles. The van der Waals surface area contributed by atoms with Crippen molar-refractivity contribution in [2.24, 2.45) is 0 Å². The topological polar surface area (TPSA) is 101 Å². The van der Waals surface area contributed by atoms with E-state index in [0.717, 1.165) is 27.6 Å². The summed E-state index contributed by atoms with van der Waals surface area (Å²) in [4.78, 5) is 45.1. The van der Waals surface area contributed by atoms with Gasteiger partial charge in [0.05, 0.1) is 12.1 Å². The Hall–Kier alpha value is -5.16. The van der Waals surface area contributed by atoms with E-state index in [1.54, 1.807) is 30.2 Å². The second kappa shape index (κ2) is 9.62. The van der Waals surface area contributed by atoms with E-state index in [-0.39, 0.29) is 19.1 Å². The van der Waals surface area contributed by atoms with Crippen molar-refractivity contribution in [1.82, 2.24) is 20.5 Å². The van der Waals surface area contributed by atoms with Gasteiger partial charge in [-0.05, 0) is 41.8 Å². The van der Waals surface area contributed by atoms with Gasteiger partial charge in [0.15, 0.2) is 5.54 Å². The van der Waals surface area contributed by atoms with Gasteiger partial charge in [0, 0.05) is 29.3 Å². The number of nitrogens with one attached hydrogen (secondary N) is 2. The van der Waals surface area contributed by atoms with Gasteiger partial charge >= 0.3 is 6.03 Å². The maximum atomic E-state index is 13.4. The van der Waals surface area contributed by atoms with Gasteiger partial charge in [-0.3, -0.25) is 19.9 Å². The van der Waals surface area contributed by atoms with E-state index in [4.69, 9.17) is 4.74 Å². The number of nitrogens with zero attached hydrogens (tertiary/aromatic N) is 2. The number of para-hydroxylation sites is 1. The van der Waals surface area contributed by atoms with Gasteiger partial charge in [-0.2, -0.15) is 0 Å². The number of pyridine rings is 1. The Morgan fingerprint density at radius 2 is 1.82 bits per heavy atom. The number of fused-ring (bicyclic) bond motifs is 2. The standard InChI is InChI=1S/C31H24N4O4/c1-2-3-16-39-24-14-11-22-18-35(28(36)26(22)17-24)19-31(29(37)33-30(38)34-31)23-12-9-20(10-13-23)25-8-4-6-21-7-5-15-32-27(21)25/h4-15,17H,16,18-19H2,1H3,(H2,33,34,37,38)/t31-/m0/s1. The maximum absolute atomic E-state index is 13.4. The van der Waals surface area contributed by atoms with Gasteiger partial charge in [0.1, 0.15) is 12.4 Å². The van der Waals surface area contributed by atoms with E-state index in [9.17, 15) is 14.4 Å². The molecule has 0 radical (unpaired) electrons. The van der Waals surface area contributed by atoms with Crippen LogP contribution in [0.25, 0.3) is 22.0 Å². The molecule has 0 spiro atoms. The molecule has 1 fully saturated rings. The lowest BCUT2D eigenvalue weighted by atomic mass is 9.87. The van der Waals surface area contributed by atoms with Gasteiger partial charge in [-0.15, -0.1) is 5.92 Å². The van der Waals surface area contributed by atoms with Crippen LogP contribution in [0.15, 0.2) is 79.0 Å². The average molecular weight is 517 g/mol. The third-order valence-corrected chi connectivity index (χ3v) is 7.14. The van der Waals surface area contributed by atoms with Crippen LogP contribution in [0.3, 0.4) is 0 Å². The summed E-state index contributed by atoms with van der Waals surface area (Å²) in [7, 11) is 0. The number of carbonyl (C=O) groups excluding carboxylic acids is 3. The van der Waals surface area contributed by atoms with Crippen LogP contribution in [0.4, 0.5) is 4.79 Å². The summed E-state index contributed by atoms with van der Waals surface area (Å²) in [5.74, 6) is 5.41. The summed E-state index contributed by atoms with van der Waals surface area (Å²) in [6.45, 7) is 2.25. The van der Waals surface area contributed by atoms with Gasteiger partial charge in [0.25, 0.3) is 11.8 Å². The molecule has 0 saturated carbocycles. The minimum atomic E-state index is -1.43. The Morgan fingerprint density at radius 1 is 1.00 bits per heavy atom. The summed E-state index contributed by atoms with van der Waals surface area (Å²) in [5, 5.41) is 6.18. The molecule has 4 aromatic rings. The molecule has 8 nitrogen and oxygen atoms in total. The second-order valence-corrected chi connectivity index (χ2v) is 9.47. The number of amides is 4. The molecular weight excluding hydrogens is 492 g/mol. The smallest absolute Gasteiger partial charge is 0.322 e. The van der Waals surface area contributed by atoms with Crippen molar-refractivity contribution in [2.75, 3.05) is 13.2 Å². The van der Waals surface area contributed by atoms with Gasteiger partial charge in [-0.1, -0.05) is 60.5 Å². The number of hydrogen-bond donors (Lipinski definition) is 2. The van der Waals surface area contributed by atoms with Crippen molar-refractivity contribution < 1.29 is 19.1 Å². The molecule has 192 valence electrons. The third-order valence-electron chi connectivity index (χ3n) is 7.14. The number of imide groups is 1. The second-order valence-electron chi connectivity index (χ2n) is 9.47. The number of aromatic nitrogens is 1. The fourth-order valence-electron chi connectivity index (χ4n) is 5.20. The molecule has 0 bridgehead atoms. The van der Waals surface area contributed by atoms with Crippen molar-refractivity contribution >= 4 is 28.7 Å². The van der Waals surface area contributed by atoms with Crippen LogP contribution in [0.5, 0.6) is 5.75 Å². The van der Waals surface area contributed by atoms with Crippen LogP contribution < -0.4 is 15.4 Å². The van der Waals surface area contributed by atoms with Crippen LogP contribution in [-0.2, 0) is 16.9 Å². The number of hydrogen-bond acceptors (Lipinski definition) is 5. The molecular formula is C31H24N4O4. The highest BCUT2D eigenvalue weighted by Gasteiger charge is 2.50. The average Bonchev–Trinajstić information content (AvgIpc) is 3.42. The predicted molar refractivity (Wildman–Crippen MR) is 146 cm³/mol. The first-order chi connectivity index (χ1) is 19.0. The molecule has 0 unspecified atom stereocenters. The molecule has 1 atom stereocenters. The summed E-state index contributed by atoms with van der Waals surface area (Å²) < 4.78 is 5.61. The van der Waals surface area contributed by atoms with Crippen molar-refractivity contribution in [2.45, 2.75) is 19.0 Å². The Bertz CT molecular complexity index is 1700. The minimum absolute atomic E-state index is 0.0231. The molecule has 6 rings (SSSR count). The lowest BCUT2D eigenvalue weighted by molar-refractivity contribution is -0.124. The first-order valence-electron chi connectivity index (χ1n) is 12.5. The van der Waals surface area contributed by atoms with Crippen molar-refractivity contribution in [3.05, 3.63) is 95.7 Å². The fraction of sp³-hybridized carbons (Fsp3) is 0.161. The molecule has 8 heteroatoms. The SMILES string of the molecule is CC#CCOc1ccc2c(c1)C(=O)N(C[C@@]1(c3ccc(-c4cccc5cccnc45)cc3)NC(=O)NC1=O)C2. The van der Waals surface area contributed by atoms with Gasteiger partial charge in [-0.25, -0.2) is 4.79 Å². The third kappa shape index (κ3) is 4.24. The van der Waals surface area contributed by atoms with E-state index in [1.165, 1.54) is 0 Å². The van der Waals surface area contributed by atoms with Crippen LogP contribution >= 0.6 is 0 Å². The van der Waals surface area contributed by atoms with E-state index in [0.29, 0.717) is 23.4 Å². The minimum Gasteiger partial charge on any atom is -0.481 e. The number of urea groups is 1. The van der Waals surface area contributed by atoms with Crippen molar-refractivity contribution in [3.63, 3.8) is 0 Å². The van der Waals surface area contributed by atoms with Crippen LogP contribution in [0.2, 0.25) is 0 Å². The zero-order valence-electron chi connectivity index (χ0n) is 21.2. The summed E-state index contributed by atoms with van der Waals surface area (Å²) in [6, 6.07) is 22.1. The number of carbonyl (C=O) groups is 3. The van der Waals surface area contributed by atoms with Crippen LogP contribution in [-0.4, -0.2) is 40.9 Å². The highest BCUT2D eigenvalue weighted by Crippen LogP contribution is 2.34. The number of ether oxygens (including phenoxy) is 1. The van der Waals surface area contributed by atoms with E-state index in [1.807, 2.05) is 60.7 Å². The van der Waals surface area contributed by atoms with Crippen LogP contribution in [0, 0.1) is 11.8 Å². The van der Waals surface area contributed by atoms with Gasteiger partial charge < -0.3 is 15.0 Å². The normalized spacial score (nSPS) is 17.9. The Morgan fingerprint density at radius 3 is 2.59 bits per heavy atom. The number of rotatable bonds is 6. The van der Waals surface area contributed by atoms with Gasteiger partial charge in [0.2, 0.25) is 0 Å². The van der Waals surface area contributed by atoms with E-state index < -0.39 is 17.5 Å². The zero-order valence-corrected chi connectivity index (χ0v) is 21.2.